The van der Waals surface area contributed by atoms with E-state index in [0.717, 1.165) is 10.0 Å². The van der Waals surface area contributed by atoms with Gasteiger partial charge in [-0.2, -0.15) is 5.26 Å². The summed E-state index contributed by atoms with van der Waals surface area (Å²) < 4.78 is 11.5. The molecule has 172 valence electrons. The highest BCUT2D eigenvalue weighted by molar-refractivity contribution is 9.10. The minimum atomic E-state index is -0.573. The molecule has 0 unspecified atom stereocenters. The van der Waals surface area contributed by atoms with Crippen LogP contribution in [0.25, 0.3) is 6.08 Å². The third-order valence-corrected chi connectivity index (χ3v) is 5.26. The molecule has 0 spiro atoms. The smallest absolute Gasteiger partial charge is 0.266 e. The quantitative estimate of drug-likeness (QED) is 0.309. The number of nitrogens with one attached hydrogen (secondary N) is 2. The average Bonchev–Trinajstić information content (AvgIpc) is 2.83. The van der Waals surface area contributed by atoms with Crippen LogP contribution < -0.4 is 20.1 Å². The van der Waals surface area contributed by atoms with Crippen LogP contribution in [0.3, 0.4) is 0 Å². The number of benzene rings is 3. The number of aryl methyl sites for hydroxylation is 1. The van der Waals surface area contributed by atoms with Crippen LogP contribution in [-0.2, 0) is 9.59 Å². The lowest BCUT2D eigenvalue weighted by molar-refractivity contribution is -0.118. The van der Waals surface area contributed by atoms with Crippen molar-refractivity contribution in [3.8, 4) is 17.6 Å². The first kappa shape index (κ1) is 24.6. The summed E-state index contributed by atoms with van der Waals surface area (Å²) in [6, 6.07) is 21.2. The normalized spacial score (nSPS) is 10.7. The number of halogens is 1. The summed E-state index contributed by atoms with van der Waals surface area (Å²) in [5.41, 5.74) is 2.51. The molecule has 0 aliphatic heterocycles. The molecule has 0 radical (unpaired) electrons. The van der Waals surface area contributed by atoms with Gasteiger partial charge in [0.05, 0.1) is 7.11 Å². The molecule has 0 saturated heterocycles. The Bertz CT molecular complexity index is 1260. The van der Waals surface area contributed by atoms with E-state index >= 15 is 0 Å². The molecule has 0 bridgehead atoms. The first-order valence-electron chi connectivity index (χ1n) is 10.2. The molecular weight excluding hydrogens is 498 g/mol. The molecule has 3 aromatic rings. The van der Waals surface area contributed by atoms with Gasteiger partial charge in [0.25, 0.3) is 11.8 Å². The SMILES string of the molecule is COc1ccc(NC(=O)/C(C#N)=C\c2cc(Br)ccc2OCC(=O)Nc2ccccc2C)cc1. The number of carbonyl (C=O) groups excluding carboxylic acids is 2. The maximum Gasteiger partial charge on any atom is 0.266 e. The lowest BCUT2D eigenvalue weighted by atomic mass is 10.1. The second-order valence-corrected chi connectivity index (χ2v) is 8.10. The van der Waals surface area contributed by atoms with Crippen molar-refractivity contribution in [1.82, 2.24) is 0 Å². The van der Waals surface area contributed by atoms with Crippen molar-refractivity contribution < 1.29 is 19.1 Å². The van der Waals surface area contributed by atoms with Gasteiger partial charge in [0.15, 0.2) is 6.61 Å². The Balaban J connectivity index is 1.74. The molecule has 0 saturated carbocycles. The monoisotopic (exact) mass is 519 g/mol. The van der Waals surface area contributed by atoms with E-state index in [4.69, 9.17) is 9.47 Å². The van der Waals surface area contributed by atoms with Crippen LogP contribution in [0.15, 0.2) is 76.8 Å². The van der Waals surface area contributed by atoms with Crippen molar-refractivity contribution in [1.29, 1.82) is 5.26 Å². The van der Waals surface area contributed by atoms with Gasteiger partial charge in [0, 0.05) is 21.4 Å². The van der Waals surface area contributed by atoms with Gasteiger partial charge in [-0.05, 0) is 67.1 Å². The van der Waals surface area contributed by atoms with Crippen LogP contribution in [0.1, 0.15) is 11.1 Å². The Morgan fingerprint density at radius 2 is 1.79 bits per heavy atom. The number of nitriles is 1. The molecule has 3 rings (SSSR count). The van der Waals surface area contributed by atoms with Crippen LogP contribution in [0, 0.1) is 18.3 Å². The van der Waals surface area contributed by atoms with Crippen LogP contribution >= 0.6 is 15.9 Å². The number of nitrogens with zero attached hydrogens (tertiary/aromatic N) is 1. The number of anilines is 2. The second-order valence-electron chi connectivity index (χ2n) is 7.19. The van der Waals surface area contributed by atoms with Crippen molar-refractivity contribution in [2.45, 2.75) is 6.92 Å². The maximum absolute atomic E-state index is 12.7. The number of para-hydroxylation sites is 1. The van der Waals surface area contributed by atoms with Gasteiger partial charge >= 0.3 is 0 Å². The van der Waals surface area contributed by atoms with Gasteiger partial charge in [0.2, 0.25) is 0 Å². The second kappa shape index (κ2) is 11.7. The number of ether oxygens (including phenoxy) is 2. The lowest BCUT2D eigenvalue weighted by Crippen LogP contribution is -2.21. The van der Waals surface area contributed by atoms with Gasteiger partial charge in [-0.1, -0.05) is 34.1 Å². The zero-order valence-corrected chi connectivity index (χ0v) is 20.2. The Hall–Kier alpha value is -4.09. The van der Waals surface area contributed by atoms with E-state index in [-0.39, 0.29) is 18.1 Å². The van der Waals surface area contributed by atoms with Crippen molar-refractivity contribution in [3.05, 3.63) is 87.9 Å². The Kier molecular flexibility index (Phi) is 8.43. The largest absolute Gasteiger partial charge is 0.497 e. The number of hydrogen-bond acceptors (Lipinski definition) is 5. The van der Waals surface area contributed by atoms with Crippen molar-refractivity contribution in [3.63, 3.8) is 0 Å². The first-order valence-corrected chi connectivity index (χ1v) is 11.0. The fourth-order valence-electron chi connectivity index (χ4n) is 2.98. The maximum atomic E-state index is 12.7. The van der Waals surface area contributed by atoms with E-state index in [0.29, 0.717) is 28.4 Å². The standard InChI is InChI=1S/C26H22BrN3O4/c1-17-5-3-4-6-23(17)30-25(31)16-34-24-12-7-20(27)14-18(24)13-19(15-28)26(32)29-21-8-10-22(33-2)11-9-21/h3-14H,16H2,1-2H3,(H,29,32)(H,30,31)/b19-13-. The van der Waals surface area contributed by atoms with Crippen molar-refractivity contribution >= 4 is 45.2 Å². The average molecular weight is 520 g/mol. The molecule has 0 heterocycles. The molecule has 0 atom stereocenters. The zero-order chi connectivity index (χ0) is 24.5. The van der Waals surface area contributed by atoms with Crippen molar-refractivity contribution in [2.75, 3.05) is 24.4 Å². The van der Waals surface area contributed by atoms with E-state index in [9.17, 15) is 14.9 Å². The summed E-state index contributed by atoms with van der Waals surface area (Å²) in [6.07, 6.45) is 1.41. The Morgan fingerprint density at radius 1 is 1.06 bits per heavy atom. The molecule has 0 aromatic heterocycles. The van der Waals surface area contributed by atoms with E-state index in [2.05, 4.69) is 26.6 Å². The third-order valence-electron chi connectivity index (χ3n) is 4.76. The van der Waals surface area contributed by atoms with Gasteiger partial charge in [-0.3, -0.25) is 9.59 Å². The molecule has 3 aromatic carbocycles. The number of amides is 2. The molecule has 0 aliphatic carbocycles. The summed E-state index contributed by atoms with van der Waals surface area (Å²) in [5, 5.41) is 15.1. The minimum Gasteiger partial charge on any atom is -0.497 e. The van der Waals surface area contributed by atoms with Crippen LogP contribution in [0.5, 0.6) is 11.5 Å². The minimum absolute atomic E-state index is 0.122. The lowest BCUT2D eigenvalue weighted by Gasteiger charge is -2.12. The van der Waals surface area contributed by atoms with Gasteiger partial charge in [-0.15, -0.1) is 0 Å². The van der Waals surface area contributed by atoms with E-state index in [1.807, 2.05) is 37.3 Å². The molecule has 7 nitrogen and oxygen atoms in total. The molecule has 34 heavy (non-hydrogen) atoms. The van der Waals surface area contributed by atoms with E-state index in [1.165, 1.54) is 6.08 Å². The summed E-state index contributed by atoms with van der Waals surface area (Å²) in [5.74, 6) is 0.102. The molecular formula is C26H22BrN3O4. The molecule has 2 amide bonds. The summed E-state index contributed by atoms with van der Waals surface area (Å²) in [6.45, 7) is 1.66. The third kappa shape index (κ3) is 6.70. The fourth-order valence-corrected chi connectivity index (χ4v) is 3.36. The number of rotatable bonds is 8. The van der Waals surface area contributed by atoms with Gasteiger partial charge < -0.3 is 20.1 Å². The number of hydrogen-bond donors (Lipinski definition) is 2. The van der Waals surface area contributed by atoms with Crippen LogP contribution in [0.4, 0.5) is 11.4 Å². The highest BCUT2D eigenvalue weighted by Crippen LogP contribution is 2.26. The topological polar surface area (TPSA) is 100 Å². The molecule has 2 N–H and O–H groups in total. The predicted octanol–water partition coefficient (Wildman–Crippen LogP) is 5.33. The van der Waals surface area contributed by atoms with E-state index < -0.39 is 5.91 Å². The zero-order valence-electron chi connectivity index (χ0n) is 18.6. The fraction of sp³-hybridized carbons (Fsp3) is 0.115. The summed E-state index contributed by atoms with van der Waals surface area (Å²) >= 11 is 3.39. The Labute approximate surface area is 206 Å². The first-order chi connectivity index (χ1) is 16.4. The number of carbonyl (C=O) groups is 2. The van der Waals surface area contributed by atoms with Gasteiger partial charge in [0.1, 0.15) is 23.1 Å². The van der Waals surface area contributed by atoms with Crippen LogP contribution in [0.2, 0.25) is 0 Å². The Morgan fingerprint density at radius 3 is 2.47 bits per heavy atom. The molecule has 8 heteroatoms. The predicted molar refractivity (Wildman–Crippen MR) is 135 cm³/mol. The summed E-state index contributed by atoms with van der Waals surface area (Å²) in [4.78, 5) is 25.0. The summed E-state index contributed by atoms with van der Waals surface area (Å²) in [7, 11) is 1.55. The molecule has 0 aliphatic rings. The molecule has 0 fully saturated rings. The highest BCUT2D eigenvalue weighted by Gasteiger charge is 2.13. The highest BCUT2D eigenvalue weighted by atomic mass is 79.9. The van der Waals surface area contributed by atoms with Crippen LogP contribution in [-0.4, -0.2) is 25.5 Å². The van der Waals surface area contributed by atoms with Crippen molar-refractivity contribution in [2.24, 2.45) is 0 Å². The van der Waals surface area contributed by atoms with Gasteiger partial charge in [-0.25, -0.2) is 0 Å². The van der Waals surface area contributed by atoms with E-state index in [1.54, 1.807) is 49.6 Å². The number of methoxy groups -OCH3 is 1.